The van der Waals surface area contributed by atoms with Gasteiger partial charge >= 0.3 is 0 Å². The lowest BCUT2D eigenvalue weighted by Gasteiger charge is -1.96. The topological polar surface area (TPSA) is 12.9 Å². The third-order valence-electron chi connectivity index (χ3n) is 1.01. The van der Waals surface area contributed by atoms with E-state index >= 15 is 0 Å². The molecule has 1 aromatic heterocycles. The van der Waals surface area contributed by atoms with Gasteiger partial charge in [-0.3, -0.25) is 4.98 Å². The molecule has 0 fully saturated rings. The quantitative estimate of drug-likeness (QED) is 0.671. The van der Waals surface area contributed by atoms with Crippen molar-refractivity contribution < 1.29 is 0 Å². The molecular formula is C6H5BrIN. The fraction of sp³-hybridized carbons (Fsp3) is 0.167. The van der Waals surface area contributed by atoms with E-state index in [1.54, 1.807) is 0 Å². The number of nitrogens with zero attached hydrogens (tertiary/aromatic N) is 1. The van der Waals surface area contributed by atoms with Gasteiger partial charge in [-0.25, -0.2) is 0 Å². The number of hydrogen-bond acceptors (Lipinski definition) is 1. The summed E-state index contributed by atoms with van der Waals surface area (Å²) in [5, 5.41) is 0. The Morgan fingerprint density at radius 2 is 2.22 bits per heavy atom. The summed E-state index contributed by atoms with van der Waals surface area (Å²) in [7, 11) is 0. The van der Waals surface area contributed by atoms with Crippen LogP contribution in [0.3, 0.4) is 0 Å². The van der Waals surface area contributed by atoms with Crippen molar-refractivity contribution in [2.24, 2.45) is 0 Å². The monoisotopic (exact) mass is 297 g/mol. The fourth-order valence-corrected chi connectivity index (χ4v) is 1.31. The number of rotatable bonds is 0. The number of hydrogen-bond donors (Lipinski definition) is 0. The molecule has 0 atom stereocenters. The van der Waals surface area contributed by atoms with E-state index in [1.165, 1.54) is 5.56 Å². The van der Waals surface area contributed by atoms with Crippen molar-refractivity contribution in [1.29, 1.82) is 0 Å². The van der Waals surface area contributed by atoms with Crippen LogP contribution in [0.15, 0.2) is 16.9 Å². The molecule has 0 bridgehead atoms. The van der Waals surface area contributed by atoms with Crippen LogP contribution >= 0.6 is 38.5 Å². The second-order valence-corrected chi connectivity index (χ2v) is 3.71. The summed E-state index contributed by atoms with van der Waals surface area (Å²) in [6.07, 6.45) is 3.67. The maximum atomic E-state index is 4.01. The zero-order chi connectivity index (χ0) is 6.85. The molecule has 1 nitrogen and oxygen atoms in total. The molecule has 0 aliphatic heterocycles. The van der Waals surface area contributed by atoms with E-state index in [2.05, 4.69) is 43.5 Å². The maximum Gasteiger partial charge on any atom is 0.0458 e. The highest BCUT2D eigenvalue weighted by Crippen LogP contribution is 2.20. The van der Waals surface area contributed by atoms with Crippen LogP contribution in [0.25, 0.3) is 0 Å². The van der Waals surface area contributed by atoms with Crippen LogP contribution in [0.4, 0.5) is 0 Å². The van der Waals surface area contributed by atoms with Crippen LogP contribution in [0.5, 0.6) is 0 Å². The molecule has 1 aromatic rings. The predicted molar refractivity (Wildman–Crippen MR) is 49.4 cm³/mol. The largest absolute Gasteiger partial charge is 0.263 e. The van der Waals surface area contributed by atoms with Gasteiger partial charge in [0.15, 0.2) is 0 Å². The van der Waals surface area contributed by atoms with Gasteiger partial charge in [-0.15, -0.1) is 0 Å². The minimum absolute atomic E-state index is 1.15. The summed E-state index contributed by atoms with van der Waals surface area (Å²) in [6, 6.07) is 0. The van der Waals surface area contributed by atoms with Crippen molar-refractivity contribution in [3.05, 3.63) is 26.0 Å². The van der Waals surface area contributed by atoms with Gasteiger partial charge in [0, 0.05) is 20.4 Å². The minimum atomic E-state index is 1.15. The Hall–Kier alpha value is 0.360. The molecule has 1 rings (SSSR count). The lowest BCUT2D eigenvalue weighted by Crippen LogP contribution is -1.81. The SMILES string of the molecule is Cc1cncc(I)c1Br. The summed E-state index contributed by atoms with van der Waals surface area (Å²) in [4.78, 5) is 4.01. The first-order chi connectivity index (χ1) is 4.22. The van der Waals surface area contributed by atoms with Gasteiger partial charge in [-0.2, -0.15) is 0 Å². The second-order valence-electron chi connectivity index (χ2n) is 1.75. The van der Waals surface area contributed by atoms with Crippen LogP contribution in [0.2, 0.25) is 0 Å². The van der Waals surface area contributed by atoms with E-state index in [0.29, 0.717) is 0 Å². The van der Waals surface area contributed by atoms with E-state index in [0.717, 1.165) is 8.04 Å². The Morgan fingerprint density at radius 1 is 1.56 bits per heavy atom. The molecule has 0 radical (unpaired) electrons. The van der Waals surface area contributed by atoms with Crippen molar-refractivity contribution in [2.45, 2.75) is 6.92 Å². The van der Waals surface area contributed by atoms with E-state index < -0.39 is 0 Å². The number of aromatic nitrogens is 1. The first kappa shape index (κ1) is 7.47. The van der Waals surface area contributed by atoms with Gasteiger partial charge in [-0.1, -0.05) is 0 Å². The third kappa shape index (κ3) is 1.64. The molecule has 48 valence electrons. The average molecular weight is 298 g/mol. The van der Waals surface area contributed by atoms with Crippen molar-refractivity contribution in [3.8, 4) is 0 Å². The van der Waals surface area contributed by atoms with Gasteiger partial charge in [0.1, 0.15) is 0 Å². The van der Waals surface area contributed by atoms with Crippen molar-refractivity contribution >= 4 is 38.5 Å². The third-order valence-corrected chi connectivity index (χ3v) is 3.62. The van der Waals surface area contributed by atoms with E-state index in [-0.39, 0.29) is 0 Å². The van der Waals surface area contributed by atoms with E-state index in [9.17, 15) is 0 Å². The maximum absolute atomic E-state index is 4.01. The van der Waals surface area contributed by atoms with E-state index in [1.807, 2.05) is 19.3 Å². The molecule has 0 aromatic carbocycles. The van der Waals surface area contributed by atoms with Gasteiger partial charge in [-0.05, 0) is 51.0 Å². The van der Waals surface area contributed by atoms with Crippen molar-refractivity contribution in [1.82, 2.24) is 4.98 Å². The molecule has 0 unspecified atom stereocenters. The van der Waals surface area contributed by atoms with Crippen molar-refractivity contribution in [3.63, 3.8) is 0 Å². The highest BCUT2D eigenvalue weighted by atomic mass is 127. The Morgan fingerprint density at radius 3 is 2.67 bits per heavy atom. The lowest BCUT2D eigenvalue weighted by molar-refractivity contribution is 1.23. The van der Waals surface area contributed by atoms with Crippen molar-refractivity contribution in [2.75, 3.05) is 0 Å². The first-order valence-electron chi connectivity index (χ1n) is 2.47. The average Bonchev–Trinajstić information content (AvgIpc) is 1.83. The van der Waals surface area contributed by atoms with Gasteiger partial charge in [0.05, 0.1) is 0 Å². The summed E-state index contributed by atoms with van der Waals surface area (Å²) in [5.41, 5.74) is 1.18. The standard InChI is InChI=1S/C6H5BrIN/c1-4-2-9-3-5(8)6(4)7/h2-3H,1H3. The Balaban J connectivity index is 3.25. The Bertz CT molecular complexity index is 204. The molecule has 3 heteroatoms. The zero-order valence-corrected chi connectivity index (χ0v) is 8.60. The van der Waals surface area contributed by atoms with Crippen LogP contribution < -0.4 is 0 Å². The molecule has 0 amide bonds. The van der Waals surface area contributed by atoms with E-state index in [4.69, 9.17) is 0 Å². The molecule has 0 aliphatic carbocycles. The van der Waals surface area contributed by atoms with Crippen LogP contribution in [0, 0.1) is 10.5 Å². The summed E-state index contributed by atoms with van der Waals surface area (Å²) < 4.78 is 2.31. The zero-order valence-electron chi connectivity index (χ0n) is 4.86. The normalized spacial score (nSPS) is 9.67. The van der Waals surface area contributed by atoms with Gasteiger partial charge in [0.25, 0.3) is 0 Å². The number of pyridine rings is 1. The molecule has 0 saturated carbocycles. The second kappa shape index (κ2) is 2.96. The smallest absolute Gasteiger partial charge is 0.0458 e. The molecule has 0 aliphatic rings. The van der Waals surface area contributed by atoms with Gasteiger partial charge in [0.2, 0.25) is 0 Å². The molecule has 9 heavy (non-hydrogen) atoms. The minimum Gasteiger partial charge on any atom is -0.263 e. The lowest BCUT2D eigenvalue weighted by atomic mass is 10.3. The van der Waals surface area contributed by atoms with Gasteiger partial charge < -0.3 is 0 Å². The number of halogens is 2. The summed E-state index contributed by atoms with van der Waals surface area (Å²) in [6.45, 7) is 2.03. The molecular weight excluding hydrogens is 293 g/mol. The fourth-order valence-electron chi connectivity index (χ4n) is 0.516. The van der Waals surface area contributed by atoms with Crippen LogP contribution in [-0.4, -0.2) is 4.98 Å². The molecule has 0 spiro atoms. The number of aryl methyl sites for hydroxylation is 1. The highest BCUT2D eigenvalue weighted by Gasteiger charge is 1.96. The van der Waals surface area contributed by atoms with Crippen LogP contribution in [-0.2, 0) is 0 Å². The Labute approximate surface area is 76.1 Å². The predicted octanol–water partition coefficient (Wildman–Crippen LogP) is 2.76. The Kier molecular flexibility index (Phi) is 2.46. The first-order valence-corrected chi connectivity index (χ1v) is 4.34. The van der Waals surface area contributed by atoms with Crippen LogP contribution in [0.1, 0.15) is 5.56 Å². The molecule has 0 saturated heterocycles. The summed E-state index contributed by atoms with van der Waals surface area (Å²) in [5.74, 6) is 0. The molecule has 1 heterocycles. The molecule has 0 N–H and O–H groups in total. The summed E-state index contributed by atoms with van der Waals surface area (Å²) >= 11 is 5.67. The highest BCUT2D eigenvalue weighted by molar-refractivity contribution is 14.1.